The molecule has 31 heavy (non-hydrogen) atoms. The molecule has 0 saturated carbocycles. The van der Waals surface area contributed by atoms with Crippen molar-refractivity contribution < 1.29 is 27.5 Å². The van der Waals surface area contributed by atoms with E-state index in [1.807, 2.05) is 0 Å². The Hall–Kier alpha value is -2.01. The molecule has 0 bridgehead atoms. The average Bonchev–Trinajstić information content (AvgIpc) is 3.02. The van der Waals surface area contributed by atoms with Gasteiger partial charge in [0.15, 0.2) is 0 Å². The Labute approximate surface area is 184 Å². The summed E-state index contributed by atoms with van der Waals surface area (Å²) in [5.74, 6) is -0.724. The average molecular weight is 456 g/mol. The van der Waals surface area contributed by atoms with Crippen LogP contribution in [0.1, 0.15) is 32.6 Å². The molecule has 1 aromatic rings. The van der Waals surface area contributed by atoms with E-state index in [4.69, 9.17) is 9.47 Å². The number of ether oxygens (including phenoxy) is 2. The molecule has 1 fully saturated rings. The number of benzene rings is 1. The molecule has 0 atom stereocenters. The fourth-order valence-electron chi connectivity index (χ4n) is 3.37. The maximum atomic E-state index is 12.9. The van der Waals surface area contributed by atoms with E-state index in [0.29, 0.717) is 31.9 Å². The number of methoxy groups -OCH3 is 1. The molecule has 0 unspecified atom stereocenters. The lowest BCUT2D eigenvalue weighted by Gasteiger charge is -2.21. The zero-order chi connectivity index (χ0) is 22.7. The SMILES string of the molecule is CCOC(=O)CN(CCOC)CC(=O)Nc1ccc(S(=O)(=O)N2CCCCCC2)cc1. The highest BCUT2D eigenvalue weighted by Crippen LogP contribution is 2.21. The van der Waals surface area contributed by atoms with Crippen molar-refractivity contribution in [1.82, 2.24) is 9.21 Å². The van der Waals surface area contributed by atoms with Gasteiger partial charge < -0.3 is 14.8 Å². The van der Waals surface area contributed by atoms with Gasteiger partial charge in [-0.25, -0.2) is 8.42 Å². The fourth-order valence-corrected chi connectivity index (χ4v) is 4.89. The molecule has 0 aliphatic carbocycles. The van der Waals surface area contributed by atoms with Gasteiger partial charge in [-0.3, -0.25) is 14.5 Å². The summed E-state index contributed by atoms with van der Waals surface area (Å²) in [5.41, 5.74) is 0.489. The minimum atomic E-state index is -3.53. The molecule has 1 N–H and O–H groups in total. The summed E-state index contributed by atoms with van der Waals surface area (Å²) in [6, 6.07) is 6.18. The number of nitrogens with one attached hydrogen (secondary N) is 1. The molecule has 0 spiro atoms. The van der Waals surface area contributed by atoms with Crippen LogP contribution < -0.4 is 5.32 Å². The second-order valence-corrected chi connectivity index (χ2v) is 9.34. The summed E-state index contributed by atoms with van der Waals surface area (Å²) < 4.78 is 37.2. The summed E-state index contributed by atoms with van der Waals surface area (Å²) in [6.45, 7) is 3.81. The van der Waals surface area contributed by atoms with Crippen LogP contribution in [0.3, 0.4) is 0 Å². The van der Waals surface area contributed by atoms with Crippen LogP contribution in [0.25, 0.3) is 0 Å². The van der Waals surface area contributed by atoms with Crippen molar-refractivity contribution in [3.05, 3.63) is 24.3 Å². The van der Waals surface area contributed by atoms with Gasteiger partial charge in [0.25, 0.3) is 0 Å². The lowest BCUT2D eigenvalue weighted by Crippen LogP contribution is -2.39. The number of amides is 1. The largest absolute Gasteiger partial charge is 0.465 e. The summed E-state index contributed by atoms with van der Waals surface area (Å²) in [6.07, 6.45) is 3.85. The molecule has 1 saturated heterocycles. The lowest BCUT2D eigenvalue weighted by atomic mass is 10.2. The van der Waals surface area contributed by atoms with E-state index in [1.54, 1.807) is 31.1 Å². The Morgan fingerprint density at radius 1 is 1.06 bits per heavy atom. The number of carbonyl (C=O) groups excluding carboxylic acids is 2. The van der Waals surface area contributed by atoms with Gasteiger partial charge in [-0.05, 0) is 44.0 Å². The summed E-state index contributed by atoms with van der Waals surface area (Å²) in [5, 5.41) is 2.74. The molecule has 9 nitrogen and oxygen atoms in total. The van der Waals surface area contributed by atoms with Gasteiger partial charge in [0, 0.05) is 32.4 Å². The molecule has 2 rings (SSSR count). The third-order valence-electron chi connectivity index (χ3n) is 4.98. The van der Waals surface area contributed by atoms with E-state index in [-0.39, 0.29) is 30.5 Å². The standard InChI is InChI=1S/C21H33N3O6S/c1-3-30-21(26)17-23(14-15-29-2)16-20(25)22-18-8-10-19(11-9-18)31(27,28)24-12-6-4-5-7-13-24/h8-11H,3-7,12-17H2,1-2H3,(H,22,25). The van der Waals surface area contributed by atoms with Crippen molar-refractivity contribution in [3.63, 3.8) is 0 Å². The molecule has 0 radical (unpaired) electrons. The highest BCUT2D eigenvalue weighted by Gasteiger charge is 2.25. The number of hydrogen-bond acceptors (Lipinski definition) is 7. The first-order valence-electron chi connectivity index (χ1n) is 10.6. The van der Waals surface area contributed by atoms with Crippen LogP contribution in [-0.2, 0) is 29.1 Å². The Bertz CT molecular complexity index is 805. The van der Waals surface area contributed by atoms with E-state index >= 15 is 0 Å². The zero-order valence-electron chi connectivity index (χ0n) is 18.3. The van der Waals surface area contributed by atoms with Crippen LogP contribution in [0.4, 0.5) is 5.69 Å². The van der Waals surface area contributed by atoms with Gasteiger partial charge in [0.05, 0.1) is 31.2 Å². The third-order valence-corrected chi connectivity index (χ3v) is 6.89. The van der Waals surface area contributed by atoms with Crippen LogP contribution in [0.5, 0.6) is 0 Å². The highest BCUT2D eigenvalue weighted by atomic mass is 32.2. The molecule has 10 heteroatoms. The van der Waals surface area contributed by atoms with Crippen molar-refractivity contribution in [3.8, 4) is 0 Å². The maximum Gasteiger partial charge on any atom is 0.320 e. The van der Waals surface area contributed by atoms with Gasteiger partial charge in [0.2, 0.25) is 15.9 Å². The highest BCUT2D eigenvalue weighted by molar-refractivity contribution is 7.89. The second kappa shape index (κ2) is 12.7. The first-order valence-corrected chi connectivity index (χ1v) is 12.1. The van der Waals surface area contributed by atoms with Gasteiger partial charge >= 0.3 is 5.97 Å². The van der Waals surface area contributed by atoms with E-state index in [1.165, 1.54) is 16.4 Å². The first-order chi connectivity index (χ1) is 14.9. The predicted octanol–water partition coefficient (Wildman–Crippen LogP) is 1.70. The topological polar surface area (TPSA) is 105 Å². The minimum Gasteiger partial charge on any atom is -0.465 e. The third kappa shape index (κ3) is 8.21. The number of nitrogens with zero attached hydrogens (tertiary/aromatic N) is 2. The monoisotopic (exact) mass is 455 g/mol. The van der Waals surface area contributed by atoms with E-state index < -0.39 is 16.0 Å². The number of anilines is 1. The van der Waals surface area contributed by atoms with Gasteiger partial charge in [-0.1, -0.05) is 12.8 Å². The Balaban J connectivity index is 1.97. The molecular weight excluding hydrogens is 422 g/mol. The van der Waals surface area contributed by atoms with E-state index in [0.717, 1.165) is 25.7 Å². The smallest absolute Gasteiger partial charge is 0.320 e. The van der Waals surface area contributed by atoms with E-state index in [2.05, 4.69) is 5.32 Å². The van der Waals surface area contributed by atoms with Crippen LogP contribution in [0, 0.1) is 0 Å². The summed E-state index contributed by atoms with van der Waals surface area (Å²) >= 11 is 0. The molecule has 174 valence electrons. The molecule has 0 aromatic heterocycles. The molecule has 1 aliphatic rings. The van der Waals surface area contributed by atoms with Crippen molar-refractivity contribution in [2.24, 2.45) is 0 Å². The first kappa shape index (κ1) is 25.3. The van der Waals surface area contributed by atoms with Gasteiger partial charge in [-0.2, -0.15) is 4.31 Å². The van der Waals surface area contributed by atoms with Gasteiger partial charge in [-0.15, -0.1) is 0 Å². The number of rotatable bonds is 11. The normalized spacial score (nSPS) is 15.5. The van der Waals surface area contributed by atoms with Crippen molar-refractivity contribution >= 4 is 27.6 Å². The van der Waals surface area contributed by atoms with Crippen LogP contribution in [-0.4, -0.2) is 82.5 Å². The lowest BCUT2D eigenvalue weighted by molar-refractivity contribution is -0.144. The van der Waals surface area contributed by atoms with Crippen molar-refractivity contribution in [2.45, 2.75) is 37.5 Å². The minimum absolute atomic E-state index is 0.0162. The quantitative estimate of drug-likeness (QED) is 0.506. The van der Waals surface area contributed by atoms with Crippen molar-refractivity contribution in [1.29, 1.82) is 0 Å². The van der Waals surface area contributed by atoms with Crippen LogP contribution in [0.15, 0.2) is 29.2 Å². The number of sulfonamides is 1. The number of esters is 1. The number of carbonyl (C=O) groups is 2. The summed E-state index contributed by atoms with van der Waals surface area (Å²) in [4.78, 5) is 26.0. The molecule has 1 aliphatic heterocycles. The molecule has 1 heterocycles. The van der Waals surface area contributed by atoms with E-state index in [9.17, 15) is 18.0 Å². The van der Waals surface area contributed by atoms with Gasteiger partial charge in [0.1, 0.15) is 0 Å². The zero-order valence-corrected chi connectivity index (χ0v) is 19.2. The maximum absolute atomic E-state index is 12.9. The van der Waals surface area contributed by atoms with Crippen molar-refractivity contribution in [2.75, 3.05) is 58.4 Å². The molecular formula is C21H33N3O6S. The van der Waals surface area contributed by atoms with Crippen LogP contribution >= 0.6 is 0 Å². The second-order valence-electron chi connectivity index (χ2n) is 7.40. The Morgan fingerprint density at radius 3 is 2.29 bits per heavy atom. The molecule has 1 amide bonds. The fraction of sp³-hybridized carbons (Fsp3) is 0.619. The van der Waals surface area contributed by atoms with Crippen LogP contribution in [0.2, 0.25) is 0 Å². The Kier molecular flexibility index (Phi) is 10.4. The summed E-state index contributed by atoms with van der Waals surface area (Å²) in [7, 11) is -1.99. The Morgan fingerprint density at radius 2 is 1.71 bits per heavy atom. The number of hydrogen-bond donors (Lipinski definition) is 1. The molecule has 1 aromatic carbocycles. The predicted molar refractivity (Wildman–Crippen MR) is 117 cm³/mol.